The summed E-state index contributed by atoms with van der Waals surface area (Å²) in [6.07, 6.45) is 2.44. The SMILES string of the molecule is NC(=S)c1cc(F)ccc1Nc1nc(C2CC2)cs1. The molecule has 0 saturated heterocycles. The van der Waals surface area contributed by atoms with Gasteiger partial charge in [0.2, 0.25) is 0 Å². The van der Waals surface area contributed by atoms with E-state index in [0.717, 1.165) is 10.8 Å². The lowest BCUT2D eigenvalue weighted by Gasteiger charge is -2.08. The Morgan fingerprint density at radius 3 is 2.95 bits per heavy atom. The van der Waals surface area contributed by atoms with E-state index in [0.29, 0.717) is 17.2 Å². The number of hydrogen-bond acceptors (Lipinski definition) is 4. The van der Waals surface area contributed by atoms with Crippen LogP contribution in [-0.4, -0.2) is 9.97 Å². The molecule has 3 nitrogen and oxygen atoms in total. The van der Waals surface area contributed by atoms with Crippen LogP contribution in [-0.2, 0) is 0 Å². The van der Waals surface area contributed by atoms with Gasteiger partial charge in [0.1, 0.15) is 10.8 Å². The second-order valence-corrected chi connectivity index (χ2v) is 5.83. The van der Waals surface area contributed by atoms with E-state index in [1.807, 2.05) is 0 Å². The van der Waals surface area contributed by atoms with Crippen LogP contribution in [0.15, 0.2) is 23.6 Å². The summed E-state index contributed by atoms with van der Waals surface area (Å²) in [5.74, 6) is 0.265. The number of thiazole rings is 1. The number of anilines is 2. The maximum atomic E-state index is 13.2. The van der Waals surface area contributed by atoms with E-state index in [2.05, 4.69) is 15.7 Å². The maximum absolute atomic E-state index is 13.2. The van der Waals surface area contributed by atoms with Gasteiger partial charge in [-0.2, -0.15) is 0 Å². The maximum Gasteiger partial charge on any atom is 0.187 e. The second-order valence-electron chi connectivity index (χ2n) is 4.53. The van der Waals surface area contributed by atoms with E-state index < -0.39 is 0 Å². The second kappa shape index (κ2) is 4.86. The predicted octanol–water partition coefficient (Wildman–Crippen LogP) is 3.54. The normalized spacial score (nSPS) is 14.4. The fraction of sp³-hybridized carbons (Fsp3) is 0.231. The highest BCUT2D eigenvalue weighted by Crippen LogP contribution is 2.41. The molecular weight excluding hydrogens is 281 g/mol. The lowest BCUT2D eigenvalue weighted by Crippen LogP contribution is -2.12. The largest absolute Gasteiger partial charge is 0.389 e. The Morgan fingerprint density at radius 1 is 1.47 bits per heavy atom. The molecule has 0 atom stereocenters. The van der Waals surface area contributed by atoms with Crippen LogP contribution in [0.4, 0.5) is 15.2 Å². The van der Waals surface area contributed by atoms with Crippen LogP contribution in [0.1, 0.15) is 30.0 Å². The summed E-state index contributed by atoms with van der Waals surface area (Å²) in [4.78, 5) is 4.69. The Hall–Kier alpha value is -1.53. The molecule has 1 saturated carbocycles. The van der Waals surface area contributed by atoms with Gasteiger partial charge in [0.25, 0.3) is 0 Å². The smallest absolute Gasteiger partial charge is 0.187 e. The molecule has 3 N–H and O–H groups in total. The number of nitrogens with zero attached hydrogens (tertiary/aromatic N) is 1. The van der Waals surface area contributed by atoms with Crippen LogP contribution in [0.3, 0.4) is 0 Å². The summed E-state index contributed by atoms with van der Waals surface area (Å²) >= 11 is 6.47. The third kappa shape index (κ3) is 2.74. The van der Waals surface area contributed by atoms with Gasteiger partial charge in [-0.05, 0) is 31.0 Å². The number of aromatic nitrogens is 1. The number of nitrogens with two attached hydrogens (primary N) is 1. The topological polar surface area (TPSA) is 50.9 Å². The third-order valence-electron chi connectivity index (χ3n) is 3.01. The van der Waals surface area contributed by atoms with Gasteiger partial charge in [0.15, 0.2) is 5.13 Å². The fourth-order valence-corrected chi connectivity index (χ4v) is 2.83. The molecule has 0 aliphatic heterocycles. The molecule has 1 aliphatic carbocycles. The zero-order chi connectivity index (χ0) is 13.4. The first-order valence-corrected chi connectivity index (χ1v) is 7.24. The van der Waals surface area contributed by atoms with E-state index in [1.165, 1.54) is 36.3 Å². The molecule has 3 rings (SSSR count). The average Bonchev–Trinajstić information content (AvgIpc) is 3.12. The summed E-state index contributed by atoms with van der Waals surface area (Å²) < 4.78 is 13.2. The fourth-order valence-electron chi connectivity index (χ4n) is 1.85. The average molecular weight is 293 g/mol. The first-order valence-electron chi connectivity index (χ1n) is 5.95. The molecule has 1 aliphatic rings. The van der Waals surface area contributed by atoms with Crippen molar-refractivity contribution < 1.29 is 4.39 Å². The lowest BCUT2D eigenvalue weighted by atomic mass is 10.1. The summed E-state index contributed by atoms with van der Waals surface area (Å²) in [6, 6.07) is 4.33. The van der Waals surface area contributed by atoms with E-state index in [4.69, 9.17) is 18.0 Å². The summed E-state index contributed by atoms with van der Waals surface area (Å²) in [5, 5.41) is 6.00. The summed E-state index contributed by atoms with van der Waals surface area (Å²) in [6.45, 7) is 0. The zero-order valence-electron chi connectivity index (χ0n) is 10.0. The highest BCUT2D eigenvalue weighted by atomic mass is 32.1. The Kier molecular flexibility index (Phi) is 3.20. The number of thiocarbonyl (C=S) groups is 1. The molecule has 1 heterocycles. The standard InChI is InChI=1S/C13H12FN3S2/c14-8-3-4-10(9(5-8)12(15)18)16-13-17-11(6-19-13)7-1-2-7/h3-7H,1-2H2,(H2,15,18)(H,16,17). The summed E-state index contributed by atoms with van der Waals surface area (Å²) in [7, 11) is 0. The number of benzene rings is 1. The Balaban J connectivity index is 1.87. The van der Waals surface area contributed by atoms with Crippen molar-refractivity contribution in [2.24, 2.45) is 5.73 Å². The molecule has 1 aromatic heterocycles. The van der Waals surface area contributed by atoms with Gasteiger partial charge in [0.05, 0.1) is 11.4 Å². The van der Waals surface area contributed by atoms with Gasteiger partial charge in [-0.3, -0.25) is 0 Å². The van der Waals surface area contributed by atoms with Crippen LogP contribution in [0.2, 0.25) is 0 Å². The van der Waals surface area contributed by atoms with Crippen molar-refractivity contribution in [3.05, 3.63) is 40.7 Å². The number of nitrogens with one attached hydrogen (secondary N) is 1. The van der Waals surface area contributed by atoms with Gasteiger partial charge in [-0.25, -0.2) is 9.37 Å². The van der Waals surface area contributed by atoms with E-state index in [9.17, 15) is 4.39 Å². The number of rotatable bonds is 4. The third-order valence-corrected chi connectivity index (χ3v) is 4.00. The first kappa shape index (κ1) is 12.5. The molecular formula is C13H12FN3S2. The summed E-state index contributed by atoms with van der Waals surface area (Å²) in [5.41, 5.74) is 7.92. The lowest BCUT2D eigenvalue weighted by molar-refractivity contribution is 0.628. The van der Waals surface area contributed by atoms with Crippen molar-refractivity contribution in [3.63, 3.8) is 0 Å². The molecule has 0 spiro atoms. The Morgan fingerprint density at radius 2 is 2.26 bits per heavy atom. The quantitative estimate of drug-likeness (QED) is 0.847. The van der Waals surface area contributed by atoms with E-state index >= 15 is 0 Å². The minimum absolute atomic E-state index is 0.168. The molecule has 19 heavy (non-hydrogen) atoms. The van der Waals surface area contributed by atoms with Gasteiger partial charge >= 0.3 is 0 Å². The highest BCUT2D eigenvalue weighted by molar-refractivity contribution is 7.80. The number of halogens is 1. The van der Waals surface area contributed by atoms with Gasteiger partial charge in [-0.15, -0.1) is 11.3 Å². The molecule has 0 unspecified atom stereocenters. The number of hydrogen-bond donors (Lipinski definition) is 2. The van der Waals surface area contributed by atoms with Crippen molar-refractivity contribution in [1.29, 1.82) is 0 Å². The van der Waals surface area contributed by atoms with Crippen LogP contribution in [0.5, 0.6) is 0 Å². The first-order chi connectivity index (χ1) is 9.13. The molecule has 0 bridgehead atoms. The van der Waals surface area contributed by atoms with Crippen molar-refractivity contribution >= 4 is 39.4 Å². The molecule has 98 valence electrons. The minimum atomic E-state index is -0.355. The predicted molar refractivity (Wildman–Crippen MR) is 79.7 cm³/mol. The van der Waals surface area contributed by atoms with Gasteiger partial charge in [0, 0.05) is 16.9 Å². The molecule has 2 aromatic rings. The van der Waals surface area contributed by atoms with Crippen LogP contribution < -0.4 is 11.1 Å². The van der Waals surface area contributed by atoms with Crippen molar-refractivity contribution in [3.8, 4) is 0 Å². The molecule has 1 fully saturated rings. The molecule has 6 heteroatoms. The highest BCUT2D eigenvalue weighted by Gasteiger charge is 2.26. The molecule has 0 amide bonds. The van der Waals surface area contributed by atoms with Crippen LogP contribution >= 0.6 is 23.6 Å². The van der Waals surface area contributed by atoms with Gasteiger partial charge < -0.3 is 11.1 Å². The van der Waals surface area contributed by atoms with Crippen molar-refractivity contribution in [1.82, 2.24) is 4.98 Å². The molecule has 1 aromatic carbocycles. The Bertz CT molecular complexity index is 635. The monoisotopic (exact) mass is 293 g/mol. The van der Waals surface area contributed by atoms with Crippen molar-refractivity contribution in [2.45, 2.75) is 18.8 Å². The van der Waals surface area contributed by atoms with Gasteiger partial charge in [-0.1, -0.05) is 12.2 Å². The molecule has 0 radical (unpaired) electrons. The van der Waals surface area contributed by atoms with E-state index in [-0.39, 0.29) is 10.8 Å². The van der Waals surface area contributed by atoms with Crippen molar-refractivity contribution in [2.75, 3.05) is 5.32 Å². The minimum Gasteiger partial charge on any atom is -0.389 e. The van der Waals surface area contributed by atoms with E-state index in [1.54, 1.807) is 6.07 Å². The zero-order valence-corrected chi connectivity index (χ0v) is 11.7. The van der Waals surface area contributed by atoms with Crippen LogP contribution in [0.25, 0.3) is 0 Å². The van der Waals surface area contributed by atoms with Crippen LogP contribution in [0, 0.1) is 5.82 Å². The Labute approximate surface area is 119 Å².